The average molecular weight is 512 g/mol. The number of anilines is 1. The monoisotopic (exact) mass is 511 g/mol. The summed E-state index contributed by atoms with van der Waals surface area (Å²) < 4.78 is 22.2. The Labute approximate surface area is 210 Å². The number of carbonyl (C=O) groups is 2. The van der Waals surface area contributed by atoms with Gasteiger partial charge in [-0.05, 0) is 48.4 Å². The molecule has 2 amide bonds. The van der Waals surface area contributed by atoms with E-state index in [0.717, 1.165) is 0 Å². The van der Waals surface area contributed by atoms with Crippen LogP contribution in [0.15, 0.2) is 54.7 Å². The summed E-state index contributed by atoms with van der Waals surface area (Å²) in [4.78, 5) is 28.4. The van der Waals surface area contributed by atoms with E-state index in [1.165, 1.54) is 36.9 Å². The van der Waals surface area contributed by atoms with Gasteiger partial charge in [-0.25, -0.2) is 13.9 Å². The molecule has 3 N–H and O–H groups in total. The number of aliphatic hydroxyl groups excluding tert-OH is 1. The van der Waals surface area contributed by atoms with Crippen LogP contribution in [0.1, 0.15) is 35.4 Å². The zero-order valence-corrected chi connectivity index (χ0v) is 20.2. The summed E-state index contributed by atoms with van der Waals surface area (Å²) in [6.45, 7) is 1.46. The molecule has 2 aromatic heterocycles. The molecule has 186 valence electrons. The van der Waals surface area contributed by atoms with Crippen LogP contribution in [-0.2, 0) is 4.79 Å². The van der Waals surface area contributed by atoms with Crippen molar-refractivity contribution in [1.82, 2.24) is 19.9 Å². The maximum Gasteiger partial charge on any atom is 0.258 e. The molecule has 2 aromatic carbocycles. The molecule has 0 unspecified atom stereocenters. The molecule has 9 nitrogen and oxygen atoms in total. The molecule has 0 saturated heterocycles. The number of methoxy groups -OCH3 is 1. The fourth-order valence-corrected chi connectivity index (χ4v) is 3.79. The van der Waals surface area contributed by atoms with Gasteiger partial charge in [-0.15, -0.1) is 0 Å². The third-order valence-corrected chi connectivity index (χ3v) is 5.66. The second-order valence-electron chi connectivity index (χ2n) is 7.94. The lowest BCUT2D eigenvalue weighted by Gasteiger charge is -2.15. The van der Waals surface area contributed by atoms with Crippen LogP contribution in [-0.4, -0.2) is 45.2 Å². The number of benzene rings is 2. The molecule has 0 radical (unpaired) electrons. The zero-order chi connectivity index (χ0) is 25.8. The Morgan fingerprint density at radius 3 is 2.61 bits per heavy atom. The van der Waals surface area contributed by atoms with E-state index in [0.29, 0.717) is 22.1 Å². The number of halogens is 2. The van der Waals surface area contributed by atoms with Crippen molar-refractivity contribution < 1.29 is 23.8 Å². The predicted molar refractivity (Wildman–Crippen MR) is 133 cm³/mol. The highest BCUT2D eigenvalue weighted by atomic mass is 35.5. The topological polar surface area (TPSA) is 118 Å². The molecule has 0 aliphatic carbocycles. The highest BCUT2D eigenvalue weighted by molar-refractivity contribution is 6.30. The summed E-state index contributed by atoms with van der Waals surface area (Å²) in [5.74, 6) is -1.41. The summed E-state index contributed by atoms with van der Waals surface area (Å²) in [5, 5.41) is 20.5. The number of nitrogens with one attached hydrogen (secondary N) is 2. The van der Waals surface area contributed by atoms with Gasteiger partial charge in [0.25, 0.3) is 5.91 Å². The van der Waals surface area contributed by atoms with Gasteiger partial charge in [0.2, 0.25) is 5.91 Å². The van der Waals surface area contributed by atoms with E-state index < -0.39 is 17.8 Å². The number of aromatic nitrogens is 3. The van der Waals surface area contributed by atoms with Crippen molar-refractivity contribution in [2.24, 2.45) is 0 Å². The predicted octanol–water partition coefficient (Wildman–Crippen LogP) is 4.01. The Bertz CT molecular complexity index is 1420. The Morgan fingerprint density at radius 2 is 1.92 bits per heavy atom. The largest absolute Gasteiger partial charge is 0.496 e. The number of aliphatic hydroxyl groups is 1. The highest BCUT2D eigenvalue weighted by Crippen LogP contribution is 2.30. The Balaban J connectivity index is 1.54. The molecule has 0 saturated carbocycles. The quantitative estimate of drug-likeness (QED) is 0.329. The molecule has 2 heterocycles. The minimum Gasteiger partial charge on any atom is -0.496 e. The highest BCUT2D eigenvalue weighted by Gasteiger charge is 2.23. The van der Waals surface area contributed by atoms with Crippen LogP contribution in [0.25, 0.3) is 16.9 Å². The first-order valence-corrected chi connectivity index (χ1v) is 11.4. The third kappa shape index (κ3) is 5.45. The standard InChI is InChI=1S/C25H23ClFN5O4/c1-14(33)29-21-13-32-22(30-21)10-8-18(31-32)17-7-9-20(36-2)23(24(17)27)25(35)28-12-11-19(34)15-3-5-16(26)6-4-15/h3-10,13,19,34H,11-12H2,1-2H3,(H,28,35)(H,29,33)/t19-/m1/s1. The SMILES string of the molecule is COc1ccc(-c2ccc3nc(NC(C)=O)cn3n2)c(F)c1C(=O)NCC[C@@H](O)c1ccc(Cl)cc1. The molecule has 11 heteroatoms. The molecule has 4 aromatic rings. The smallest absolute Gasteiger partial charge is 0.258 e. The first kappa shape index (κ1) is 25.1. The molecule has 36 heavy (non-hydrogen) atoms. The van der Waals surface area contributed by atoms with Crippen LogP contribution >= 0.6 is 11.6 Å². The van der Waals surface area contributed by atoms with Gasteiger partial charge in [0.05, 0.1) is 25.1 Å². The van der Waals surface area contributed by atoms with E-state index in [1.807, 2.05) is 0 Å². The Kier molecular flexibility index (Phi) is 7.47. The van der Waals surface area contributed by atoms with Crippen molar-refractivity contribution in [2.75, 3.05) is 19.0 Å². The fourth-order valence-electron chi connectivity index (χ4n) is 3.67. The third-order valence-electron chi connectivity index (χ3n) is 5.41. The maximum absolute atomic E-state index is 15.6. The zero-order valence-electron chi connectivity index (χ0n) is 19.5. The van der Waals surface area contributed by atoms with Crippen molar-refractivity contribution in [3.8, 4) is 17.0 Å². The minimum absolute atomic E-state index is 0.0589. The lowest BCUT2D eigenvalue weighted by molar-refractivity contribution is -0.114. The number of amides is 2. The molecule has 1 atom stereocenters. The lowest BCUT2D eigenvalue weighted by atomic mass is 10.0. The van der Waals surface area contributed by atoms with Crippen molar-refractivity contribution in [1.29, 1.82) is 0 Å². The Hall–Kier alpha value is -4.02. The minimum atomic E-state index is -0.825. The van der Waals surface area contributed by atoms with Gasteiger partial charge >= 0.3 is 0 Å². The van der Waals surface area contributed by atoms with Crippen LogP contribution in [0, 0.1) is 5.82 Å². The summed E-state index contributed by atoms with van der Waals surface area (Å²) in [5.41, 5.74) is 1.17. The van der Waals surface area contributed by atoms with Crippen LogP contribution in [0.4, 0.5) is 10.2 Å². The van der Waals surface area contributed by atoms with Crippen molar-refractivity contribution in [3.63, 3.8) is 0 Å². The first-order chi connectivity index (χ1) is 17.3. The molecular formula is C25H23ClFN5O4. The number of nitrogens with zero attached hydrogens (tertiary/aromatic N) is 3. The van der Waals surface area contributed by atoms with Gasteiger partial charge in [-0.3, -0.25) is 9.59 Å². The van der Waals surface area contributed by atoms with Crippen LogP contribution in [0.3, 0.4) is 0 Å². The first-order valence-electron chi connectivity index (χ1n) is 11.0. The van der Waals surface area contributed by atoms with E-state index >= 15 is 4.39 Å². The summed E-state index contributed by atoms with van der Waals surface area (Å²) in [7, 11) is 1.34. The maximum atomic E-state index is 15.6. The number of rotatable bonds is 8. The number of carbonyl (C=O) groups excluding carboxylic acids is 2. The normalized spacial score (nSPS) is 11.8. The van der Waals surface area contributed by atoms with E-state index in [2.05, 4.69) is 20.7 Å². The molecule has 0 spiro atoms. The summed E-state index contributed by atoms with van der Waals surface area (Å²) >= 11 is 5.87. The van der Waals surface area contributed by atoms with Crippen LogP contribution in [0.5, 0.6) is 5.75 Å². The number of hydrogen-bond donors (Lipinski definition) is 3. The number of fused-ring (bicyclic) bond motifs is 1. The molecule has 4 rings (SSSR count). The number of ether oxygens (including phenoxy) is 1. The van der Waals surface area contributed by atoms with E-state index in [-0.39, 0.29) is 41.4 Å². The molecular weight excluding hydrogens is 489 g/mol. The van der Waals surface area contributed by atoms with Gasteiger partial charge in [-0.1, -0.05) is 23.7 Å². The molecule has 0 aliphatic rings. The lowest BCUT2D eigenvalue weighted by Crippen LogP contribution is -2.27. The van der Waals surface area contributed by atoms with E-state index in [4.69, 9.17) is 16.3 Å². The van der Waals surface area contributed by atoms with Crippen molar-refractivity contribution in [3.05, 3.63) is 76.7 Å². The van der Waals surface area contributed by atoms with Crippen molar-refractivity contribution in [2.45, 2.75) is 19.4 Å². The van der Waals surface area contributed by atoms with Crippen LogP contribution < -0.4 is 15.4 Å². The molecule has 0 fully saturated rings. The number of imidazole rings is 1. The van der Waals surface area contributed by atoms with Gasteiger partial charge in [0.15, 0.2) is 11.5 Å². The van der Waals surface area contributed by atoms with Crippen molar-refractivity contribution >= 4 is 34.9 Å². The van der Waals surface area contributed by atoms with E-state index in [1.54, 1.807) is 36.4 Å². The number of hydrogen-bond acceptors (Lipinski definition) is 6. The van der Waals surface area contributed by atoms with Gasteiger partial charge in [0, 0.05) is 24.1 Å². The second-order valence-corrected chi connectivity index (χ2v) is 8.38. The van der Waals surface area contributed by atoms with Gasteiger partial charge in [-0.2, -0.15) is 5.10 Å². The molecule has 0 aliphatic heterocycles. The van der Waals surface area contributed by atoms with Gasteiger partial charge < -0.3 is 20.5 Å². The average Bonchev–Trinajstić information content (AvgIpc) is 3.24. The second kappa shape index (κ2) is 10.7. The van der Waals surface area contributed by atoms with Gasteiger partial charge in [0.1, 0.15) is 17.1 Å². The summed E-state index contributed by atoms with van der Waals surface area (Å²) in [6.07, 6.45) is 0.891. The fraction of sp³-hybridized carbons (Fsp3) is 0.200. The van der Waals surface area contributed by atoms with E-state index in [9.17, 15) is 14.7 Å². The van der Waals surface area contributed by atoms with Crippen LogP contribution in [0.2, 0.25) is 5.02 Å². The summed E-state index contributed by atoms with van der Waals surface area (Å²) in [6, 6.07) is 12.9. The molecule has 0 bridgehead atoms. The Morgan fingerprint density at radius 1 is 1.17 bits per heavy atom.